The Bertz CT molecular complexity index is 1380. The summed E-state index contributed by atoms with van der Waals surface area (Å²) in [6, 6.07) is 12.6. The summed E-state index contributed by atoms with van der Waals surface area (Å²) < 4.78 is 7.75. The monoisotopic (exact) mass is 515 g/mol. The molecule has 1 aromatic heterocycles. The van der Waals surface area contributed by atoms with Crippen molar-refractivity contribution in [1.82, 2.24) is 20.4 Å². The van der Waals surface area contributed by atoms with Crippen LogP contribution in [-0.2, 0) is 11.3 Å². The van der Waals surface area contributed by atoms with Crippen molar-refractivity contribution < 1.29 is 14.6 Å². The van der Waals surface area contributed by atoms with Gasteiger partial charge in [-0.1, -0.05) is 31.0 Å². The number of carbonyl (C=O) groups excluding carboxylic acids is 1. The molecule has 200 valence electrons. The van der Waals surface area contributed by atoms with E-state index in [4.69, 9.17) is 15.6 Å². The summed E-state index contributed by atoms with van der Waals surface area (Å²) in [6.45, 7) is 5.59. The molecule has 2 aromatic carbocycles. The second kappa shape index (κ2) is 11.5. The highest BCUT2D eigenvalue weighted by molar-refractivity contribution is 6.08. The molecule has 0 spiro atoms. The lowest BCUT2D eigenvalue weighted by molar-refractivity contribution is 0.0954. The number of allylic oxidation sites excluding steroid dienone is 3. The zero-order valence-corrected chi connectivity index (χ0v) is 22.2. The maximum Gasteiger partial charge on any atom is 0.252 e. The molecule has 8 nitrogen and oxygen atoms in total. The third-order valence-electron chi connectivity index (χ3n) is 7.50. The Labute approximate surface area is 223 Å². The topological polar surface area (TPSA) is 114 Å². The molecule has 5 N–H and O–H groups in total. The predicted molar refractivity (Wildman–Crippen MR) is 149 cm³/mol. The number of ether oxygens (including phenoxy) is 1. The van der Waals surface area contributed by atoms with E-state index in [1.54, 1.807) is 0 Å². The molecular weight excluding hydrogens is 478 g/mol. The van der Waals surface area contributed by atoms with Crippen LogP contribution in [0.15, 0.2) is 65.5 Å². The van der Waals surface area contributed by atoms with Gasteiger partial charge in [0.25, 0.3) is 5.91 Å². The number of benzene rings is 2. The molecule has 38 heavy (non-hydrogen) atoms. The second-order valence-electron chi connectivity index (χ2n) is 10.3. The summed E-state index contributed by atoms with van der Waals surface area (Å²) in [4.78, 5) is 13.6. The summed E-state index contributed by atoms with van der Waals surface area (Å²) in [5, 5.41) is 22.1. The number of aliphatic hydroxyl groups is 1. The lowest BCUT2D eigenvalue weighted by Crippen LogP contribution is -2.38. The van der Waals surface area contributed by atoms with Gasteiger partial charge in [-0.05, 0) is 73.2 Å². The number of nitrogens with zero attached hydrogens (tertiary/aromatic N) is 2. The number of nitrogens with one attached hydrogen (secondary N) is 2. The number of carbonyl (C=O) groups is 1. The van der Waals surface area contributed by atoms with Crippen molar-refractivity contribution in [3.05, 3.63) is 76.6 Å². The van der Waals surface area contributed by atoms with Crippen LogP contribution in [0, 0.1) is 0 Å². The Kier molecular flexibility index (Phi) is 7.93. The molecule has 8 heteroatoms. The Morgan fingerprint density at radius 1 is 1.21 bits per heavy atom. The minimum Gasteiger partial charge on any atom is -0.375 e. The van der Waals surface area contributed by atoms with Gasteiger partial charge in [0.1, 0.15) is 6.23 Å². The zero-order valence-electron chi connectivity index (χ0n) is 22.2. The fourth-order valence-corrected chi connectivity index (χ4v) is 5.54. The smallest absolute Gasteiger partial charge is 0.252 e. The highest BCUT2D eigenvalue weighted by Crippen LogP contribution is 2.35. The number of amides is 1. The number of aliphatic hydroxyl groups excluding tert-OH is 1. The number of fused-ring (bicyclic) bond motifs is 1. The van der Waals surface area contributed by atoms with E-state index in [2.05, 4.69) is 33.5 Å². The average molecular weight is 516 g/mol. The first-order valence-electron chi connectivity index (χ1n) is 13.4. The molecule has 2 heterocycles. The van der Waals surface area contributed by atoms with E-state index in [1.165, 1.54) is 12.8 Å². The fraction of sp³-hybridized carbons (Fsp3) is 0.400. The Morgan fingerprint density at radius 2 is 2.03 bits per heavy atom. The summed E-state index contributed by atoms with van der Waals surface area (Å²) >= 11 is 0. The number of dihydropyridines is 1. The van der Waals surface area contributed by atoms with Crippen LogP contribution in [0.25, 0.3) is 22.0 Å². The molecule has 1 unspecified atom stereocenters. The van der Waals surface area contributed by atoms with E-state index in [-0.39, 0.29) is 12.5 Å². The number of nitrogens with two attached hydrogens (primary N) is 1. The molecule has 1 atom stereocenters. The minimum absolute atomic E-state index is 0.191. The van der Waals surface area contributed by atoms with Crippen molar-refractivity contribution in [1.29, 1.82) is 0 Å². The fourth-order valence-electron chi connectivity index (χ4n) is 5.54. The maximum absolute atomic E-state index is 13.6. The van der Waals surface area contributed by atoms with Crippen LogP contribution in [0.4, 0.5) is 0 Å². The predicted octanol–water partition coefficient (Wildman–Crippen LogP) is 4.17. The van der Waals surface area contributed by atoms with E-state index in [0.717, 1.165) is 57.3 Å². The number of aromatic nitrogens is 2. The first-order chi connectivity index (χ1) is 18.4. The van der Waals surface area contributed by atoms with Crippen LogP contribution in [0.3, 0.4) is 0 Å². The van der Waals surface area contributed by atoms with E-state index >= 15 is 0 Å². The molecule has 1 saturated carbocycles. The largest absolute Gasteiger partial charge is 0.375 e. The number of rotatable bonds is 9. The highest BCUT2D eigenvalue weighted by Gasteiger charge is 2.24. The quantitative estimate of drug-likeness (QED) is 0.318. The van der Waals surface area contributed by atoms with Gasteiger partial charge in [-0.3, -0.25) is 9.48 Å². The van der Waals surface area contributed by atoms with Gasteiger partial charge in [0.2, 0.25) is 0 Å². The van der Waals surface area contributed by atoms with Crippen molar-refractivity contribution >= 4 is 16.8 Å². The van der Waals surface area contributed by atoms with Crippen molar-refractivity contribution in [2.24, 2.45) is 5.73 Å². The summed E-state index contributed by atoms with van der Waals surface area (Å²) in [5.74, 6) is -0.191. The van der Waals surface area contributed by atoms with Gasteiger partial charge in [-0.15, -0.1) is 0 Å². The van der Waals surface area contributed by atoms with E-state index in [9.17, 15) is 9.90 Å². The first kappa shape index (κ1) is 26.2. The van der Waals surface area contributed by atoms with Crippen LogP contribution in [-0.4, -0.2) is 46.7 Å². The Balaban J connectivity index is 1.50. The number of hydrogen-bond acceptors (Lipinski definition) is 6. The van der Waals surface area contributed by atoms with Crippen LogP contribution >= 0.6 is 0 Å². The van der Waals surface area contributed by atoms with Gasteiger partial charge in [0.05, 0.1) is 36.5 Å². The van der Waals surface area contributed by atoms with Crippen molar-refractivity contribution in [2.45, 2.75) is 58.4 Å². The Morgan fingerprint density at radius 3 is 2.79 bits per heavy atom. The molecular formula is C30H37N5O3. The van der Waals surface area contributed by atoms with Gasteiger partial charge in [-0.25, -0.2) is 0 Å². The average Bonchev–Trinajstić information content (AvgIpc) is 3.58. The third kappa shape index (κ3) is 5.53. The van der Waals surface area contributed by atoms with Crippen LogP contribution in [0.2, 0.25) is 0 Å². The van der Waals surface area contributed by atoms with Crippen molar-refractivity contribution in [3.63, 3.8) is 0 Å². The van der Waals surface area contributed by atoms with E-state index in [0.29, 0.717) is 31.4 Å². The molecule has 0 saturated heterocycles. The molecule has 1 aliphatic heterocycles. The molecule has 1 amide bonds. The molecule has 0 radical (unpaired) electrons. The normalized spacial score (nSPS) is 18.1. The summed E-state index contributed by atoms with van der Waals surface area (Å²) in [5.41, 5.74) is 12.7. The SMILES string of the molecule is CC1=CC(C)=C(CNC(=O)c2cc(-c3cccc(COCCN)c3)cc3c2cnn3C2CCCC2)C(O)N1. The molecule has 2 aliphatic rings. The number of hydrogen-bond donors (Lipinski definition) is 4. The van der Waals surface area contributed by atoms with Gasteiger partial charge in [0, 0.05) is 29.7 Å². The highest BCUT2D eigenvalue weighted by atomic mass is 16.5. The lowest BCUT2D eigenvalue weighted by Gasteiger charge is -2.24. The van der Waals surface area contributed by atoms with Crippen LogP contribution in [0.5, 0.6) is 0 Å². The lowest BCUT2D eigenvalue weighted by atomic mass is 9.98. The second-order valence-corrected chi connectivity index (χ2v) is 10.3. The minimum atomic E-state index is -0.819. The van der Waals surface area contributed by atoms with Gasteiger partial charge in [-0.2, -0.15) is 5.10 Å². The molecule has 3 aromatic rings. The van der Waals surface area contributed by atoms with Crippen molar-refractivity contribution in [2.75, 3.05) is 19.7 Å². The van der Waals surface area contributed by atoms with E-state index < -0.39 is 6.23 Å². The molecule has 5 rings (SSSR count). The summed E-state index contributed by atoms with van der Waals surface area (Å²) in [6.07, 6.45) is 7.57. The molecule has 1 fully saturated rings. The van der Waals surface area contributed by atoms with Crippen LogP contribution in [0.1, 0.15) is 61.5 Å². The maximum atomic E-state index is 13.6. The molecule has 0 bridgehead atoms. The Hall–Kier alpha value is -3.46. The first-order valence-corrected chi connectivity index (χ1v) is 13.4. The zero-order chi connectivity index (χ0) is 26.6. The van der Waals surface area contributed by atoms with Crippen molar-refractivity contribution in [3.8, 4) is 11.1 Å². The van der Waals surface area contributed by atoms with E-state index in [1.807, 2.05) is 44.3 Å². The van der Waals surface area contributed by atoms with Gasteiger partial charge >= 0.3 is 0 Å². The van der Waals surface area contributed by atoms with Crippen LogP contribution < -0.4 is 16.4 Å². The standard InChI is InChI=1S/C30H37N5O3/c1-19-12-20(2)34-30(37)26(19)16-32-29(36)25-14-23(22-7-5-6-21(13-22)18-38-11-10-31)15-28-27(25)17-33-35(28)24-8-3-4-9-24/h5-7,12-15,17,24,30,34,37H,3-4,8-11,16,18,31H2,1-2H3,(H,32,36). The van der Waals surface area contributed by atoms with Gasteiger partial charge in [0.15, 0.2) is 0 Å². The third-order valence-corrected chi connectivity index (χ3v) is 7.50. The van der Waals surface area contributed by atoms with Gasteiger partial charge < -0.3 is 26.2 Å². The molecule has 1 aliphatic carbocycles. The summed E-state index contributed by atoms with van der Waals surface area (Å²) in [7, 11) is 0.